The molecule has 1 saturated heterocycles. The molecule has 0 aliphatic carbocycles. The van der Waals surface area contributed by atoms with Gasteiger partial charge in [0.1, 0.15) is 0 Å². The number of hydrogen-bond donors (Lipinski definition) is 2. The zero-order valence-corrected chi connectivity index (χ0v) is 18.7. The fraction of sp³-hybridized carbons (Fsp3) is 0.889. The van der Waals surface area contributed by atoms with E-state index in [-0.39, 0.29) is 30.4 Å². The molecule has 28 heavy (non-hydrogen) atoms. The van der Waals surface area contributed by atoms with Crippen LogP contribution in [0.3, 0.4) is 0 Å². The molecular formula is C18H37N5O4S. The molecule has 0 spiro atoms. The first-order chi connectivity index (χ1) is 13.2. The Morgan fingerprint density at radius 1 is 1.14 bits per heavy atom. The van der Waals surface area contributed by atoms with E-state index in [1.165, 1.54) is 4.31 Å². The first kappa shape index (κ1) is 24.6. The third-order valence-electron chi connectivity index (χ3n) is 4.11. The van der Waals surface area contributed by atoms with Crippen LogP contribution >= 0.6 is 0 Å². The second-order valence-electron chi connectivity index (χ2n) is 7.33. The van der Waals surface area contributed by atoms with Crippen molar-refractivity contribution in [1.82, 2.24) is 19.8 Å². The van der Waals surface area contributed by atoms with Crippen LogP contribution in [-0.2, 0) is 19.6 Å². The Balaban J connectivity index is 2.54. The predicted octanol–water partition coefficient (Wildman–Crippen LogP) is 0.239. The average Bonchev–Trinajstić information content (AvgIpc) is 2.60. The minimum Gasteiger partial charge on any atom is -0.378 e. The number of rotatable bonds is 10. The van der Waals surface area contributed by atoms with Crippen LogP contribution in [0.2, 0.25) is 0 Å². The van der Waals surface area contributed by atoms with E-state index in [0.717, 1.165) is 5.96 Å². The normalized spacial score (nSPS) is 16.7. The number of nitrogens with zero attached hydrogens (tertiary/aromatic N) is 3. The predicted molar refractivity (Wildman–Crippen MR) is 112 cm³/mol. The largest absolute Gasteiger partial charge is 0.378 e. The third-order valence-corrected chi connectivity index (χ3v) is 5.94. The summed E-state index contributed by atoms with van der Waals surface area (Å²) in [6.45, 7) is 12.9. The number of hydrogen-bond acceptors (Lipinski definition) is 5. The molecule has 0 bridgehead atoms. The minimum atomic E-state index is -3.31. The van der Waals surface area contributed by atoms with Gasteiger partial charge >= 0.3 is 0 Å². The molecule has 0 unspecified atom stereocenters. The molecule has 0 radical (unpaired) electrons. The summed E-state index contributed by atoms with van der Waals surface area (Å²) in [7, 11) is -3.31. The van der Waals surface area contributed by atoms with E-state index >= 15 is 0 Å². The van der Waals surface area contributed by atoms with Crippen LogP contribution in [-0.4, -0.2) is 93.3 Å². The summed E-state index contributed by atoms with van der Waals surface area (Å²) >= 11 is 0. The van der Waals surface area contributed by atoms with Crippen LogP contribution in [0.5, 0.6) is 0 Å². The maximum absolute atomic E-state index is 12.4. The number of guanidine groups is 1. The monoisotopic (exact) mass is 419 g/mol. The van der Waals surface area contributed by atoms with Crippen LogP contribution < -0.4 is 10.6 Å². The molecule has 2 N–H and O–H groups in total. The Morgan fingerprint density at radius 3 is 2.32 bits per heavy atom. The summed E-state index contributed by atoms with van der Waals surface area (Å²) in [5.74, 6) is 0.707. The summed E-state index contributed by atoms with van der Waals surface area (Å²) in [5.41, 5.74) is 0. The van der Waals surface area contributed by atoms with Gasteiger partial charge in [-0.05, 0) is 34.6 Å². The van der Waals surface area contributed by atoms with Crippen molar-refractivity contribution in [2.45, 2.75) is 53.2 Å². The van der Waals surface area contributed by atoms with E-state index in [4.69, 9.17) is 4.74 Å². The summed E-state index contributed by atoms with van der Waals surface area (Å²) in [5, 5.41) is 6.07. The molecule has 164 valence electrons. The third kappa shape index (κ3) is 9.20. The molecule has 1 rings (SSSR count). The number of amides is 1. The van der Waals surface area contributed by atoms with E-state index < -0.39 is 10.0 Å². The van der Waals surface area contributed by atoms with E-state index in [1.54, 1.807) is 0 Å². The van der Waals surface area contributed by atoms with Gasteiger partial charge in [0.05, 0.1) is 25.0 Å². The number of piperazine rings is 1. The molecule has 9 nitrogen and oxygen atoms in total. The van der Waals surface area contributed by atoms with Crippen LogP contribution in [0.1, 0.15) is 41.0 Å². The van der Waals surface area contributed by atoms with Crippen LogP contribution in [0, 0.1) is 0 Å². The zero-order valence-electron chi connectivity index (χ0n) is 17.9. The minimum absolute atomic E-state index is 0.00427. The lowest BCUT2D eigenvalue weighted by molar-refractivity contribution is -0.121. The van der Waals surface area contributed by atoms with Gasteiger partial charge in [0.25, 0.3) is 0 Å². The van der Waals surface area contributed by atoms with Gasteiger partial charge in [-0.25, -0.2) is 8.42 Å². The molecule has 0 atom stereocenters. The van der Waals surface area contributed by atoms with Crippen molar-refractivity contribution in [2.24, 2.45) is 4.99 Å². The number of aliphatic imine (C=N–C) groups is 1. The Morgan fingerprint density at radius 2 is 1.79 bits per heavy atom. The maximum atomic E-state index is 12.4. The first-order valence-electron chi connectivity index (χ1n) is 10.1. The van der Waals surface area contributed by atoms with E-state index in [1.807, 2.05) is 39.5 Å². The van der Waals surface area contributed by atoms with Crippen LogP contribution in [0.4, 0.5) is 0 Å². The molecular weight excluding hydrogens is 382 g/mol. The summed E-state index contributed by atoms with van der Waals surface area (Å²) in [6, 6.07) is 0.116. The second kappa shape index (κ2) is 12.2. The number of carbonyl (C=O) groups excluding carboxylic acids is 1. The van der Waals surface area contributed by atoms with Gasteiger partial charge < -0.3 is 20.3 Å². The van der Waals surface area contributed by atoms with Crippen molar-refractivity contribution in [3.8, 4) is 0 Å². The van der Waals surface area contributed by atoms with Crippen molar-refractivity contribution in [3.63, 3.8) is 0 Å². The van der Waals surface area contributed by atoms with Crippen molar-refractivity contribution in [3.05, 3.63) is 0 Å². The molecule has 0 aromatic carbocycles. The molecule has 0 aromatic rings. The Bertz CT molecular complexity index is 599. The standard InChI is InChI=1S/C18H37N5O4S/c1-6-19-18(20-8-7-17(24)21-15(2)3)22-9-11-23(12-10-22)28(25,26)14-13-27-16(4)5/h15-16H,6-14H2,1-5H3,(H,19,20)(H,21,24). The van der Waals surface area contributed by atoms with Gasteiger partial charge in [-0.2, -0.15) is 4.31 Å². The maximum Gasteiger partial charge on any atom is 0.222 e. The number of sulfonamides is 1. The lowest BCUT2D eigenvalue weighted by Crippen LogP contribution is -2.54. The quantitative estimate of drug-likeness (QED) is 0.388. The highest BCUT2D eigenvalue weighted by molar-refractivity contribution is 7.89. The summed E-state index contributed by atoms with van der Waals surface area (Å²) in [6.07, 6.45) is 0.352. The Hall–Kier alpha value is -1.39. The van der Waals surface area contributed by atoms with Gasteiger partial charge in [-0.3, -0.25) is 9.79 Å². The van der Waals surface area contributed by atoms with E-state index in [2.05, 4.69) is 15.6 Å². The second-order valence-corrected chi connectivity index (χ2v) is 9.42. The Labute approximate surface area is 169 Å². The molecule has 1 fully saturated rings. The number of carbonyl (C=O) groups is 1. The first-order valence-corrected chi connectivity index (χ1v) is 11.7. The fourth-order valence-corrected chi connectivity index (χ4v) is 4.06. The van der Waals surface area contributed by atoms with E-state index in [9.17, 15) is 13.2 Å². The van der Waals surface area contributed by atoms with Crippen molar-refractivity contribution >= 4 is 21.9 Å². The lowest BCUT2D eigenvalue weighted by atomic mass is 10.3. The van der Waals surface area contributed by atoms with Gasteiger partial charge in [0, 0.05) is 45.2 Å². The Kier molecular flexibility index (Phi) is 10.8. The average molecular weight is 420 g/mol. The smallest absolute Gasteiger partial charge is 0.222 e. The van der Waals surface area contributed by atoms with Crippen molar-refractivity contribution in [1.29, 1.82) is 0 Å². The molecule has 1 amide bonds. The van der Waals surface area contributed by atoms with Gasteiger partial charge in [0.15, 0.2) is 5.96 Å². The molecule has 1 aliphatic heterocycles. The molecule has 10 heteroatoms. The molecule has 1 aliphatic rings. The van der Waals surface area contributed by atoms with Crippen molar-refractivity contribution < 1.29 is 17.9 Å². The molecule has 0 aromatic heterocycles. The summed E-state index contributed by atoms with van der Waals surface area (Å²) < 4.78 is 31.8. The van der Waals surface area contributed by atoms with Crippen molar-refractivity contribution in [2.75, 3.05) is 51.6 Å². The molecule has 0 saturated carbocycles. The fourth-order valence-electron chi connectivity index (χ4n) is 2.78. The van der Waals surface area contributed by atoms with E-state index in [0.29, 0.717) is 45.7 Å². The highest BCUT2D eigenvalue weighted by Crippen LogP contribution is 2.09. The number of ether oxygens (including phenoxy) is 1. The van der Waals surface area contributed by atoms with Crippen LogP contribution in [0.15, 0.2) is 4.99 Å². The van der Waals surface area contributed by atoms with Crippen LogP contribution in [0.25, 0.3) is 0 Å². The summed E-state index contributed by atoms with van der Waals surface area (Å²) in [4.78, 5) is 18.3. The number of nitrogens with one attached hydrogen (secondary N) is 2. The highest BCUT2D eigenvalue weighted by atomic mass is 32.2. The highest BCUT2D eigenvalue weighted by Gasteiger charge is 2.28. The van der Waals surface area contributed by atoms with Gasteiger partial charge in [-0.15, -0.1) is 0 Å². The SMILES string of the molecule is CCNC(=NCCC(=O)NC(C)C)N1CCN(S(=O)(=O)CCOC(C)C)CC1. The zero-order chi connectivity index (χ0) is 21.2. The topological polar surface area (TPSA) is 103 Å². The lowest BCUT2D eigenvalue weighted by Gasteiger charge is -2.35. The molecule has 1 heterocycles. The van der Waals surface area contributed by atoms with Gasteiger partial charge in [0.2, 0.25) is 15.9 Å². The van der Waals surface area contributed by atoms with Gasteiger partial charge in [-0.1, -0.05) is 0 Å².